The van der Waals surface area contributed by atoms with Crippen LogP contribution in [0.15, 0.2) is 11.8 Å². The molecule has 0 aliphatic heterocycles. The van der Waals surface area contributed by atoms with Gasteiger partial charge in [0.15, 0.2) is 5.76 Å². The molecule has 0 spiro atoms. The van der Waals surface area contributed by atoms with Gasteiger partial charge in [-0.25, -0.2) is 0 Å². The average Bonchev–Trinajstić information content (AvgIpc) is 2.93. The van der Waals surface area contributed by atoms with Crippen LogP contribution in [0.5, 0.6) is 0 Å². The van der Waals surface area contributed by atoms with E-state index in [1.54, 1.807) is 0 Å². The molecule has 7 atom stereocenters. The normalized spacial score (nSPS) is 44.6. The molecule has 0 aromatic heterocycles. The highest BCUT2D eigenvalue weighted by Crippen LogP contribution is 2.66. The summed E-state index contributed by atoms with van der Waals surface area (Å²) in [5, 5.41) is 0. The van der Waals surface area contributed by atoms with Crippen LogP contribution in [0.2, 0.25) is 0 Å². The standard InChI is InChI=1S/C23H32O5/c1-13(24)27-19-10-12-22(3)17-9-11-23(4)16(7-8-20(23)28-14(2)25)15(17)5-6-18(22)21(19)26/h10,15-18,20H,5-9,11-12H2,1-4H3/t15-,16-,17-,18-,20+,22+,23-/m0/s1. The van der Waals surface area contributed by atoms with Gasteiger partial charge < -0.3 is 9.47 Å². The lowest BCUT2D eigenvalue weighted by Crippen LogP contribution is -2.55. The maximum Gasteiger partial charge on any atom is 0.308 e. The molecule has 4 rings (SSSR count). The van der Waals surface area contributed by atoms with E-state index in [-0.39, 0.29) is 40.4 Å². The van der Waals surface area contributed by atoms with E-state index in [2.05, 4.69) is 13.8 Å². The van der Waals surface area contributed by atoms with Crippen molar-refractivity contribution >= 4 is 17.7 Å². The molecule has 154 valence electrons. The Balaban J connectivity index is 1.59. The summed E-state index contributed by atoms with van der Waals surface area (Å²) in [6, 6.07) is 0. The minimum atomic E-state index is -0.423. The monoisotopic (exact) mass is 388 g/mol. The summed E-state index contributed by atoms with van der Waals surface area (Å²) in [6.45, 7) is 7.44. The minimum absolute atomic E-state index is 0.0138. The van der Waals surface area contributed by atoms with Gasteiger partial charge in [-0.3, -0.25) is 14.4 Å². The number of hydrogen-bond acceptors (Lipinski definition) is 5. The van der Waals surface area contributed by atoms with Crippen LogP contribution in [0.3, 0.4) is 0 Å². The Morgan fingerprint density at radius 3 is 2.36 bits per heavy atom. The number of fused-ring (bicyclic) bond motifs is 5. The smallest absolute Gasteiger partial charge is 0.308 e. The number of ketones is 1. The molecule has 0 heterocycles. The summed E-state index contributed by atoms with van der Waals surface area (Å²) < 4.78 is 10.9. The Hall–Kier alpha value is -1.65. The summed E-state index contributed by atoms with van der Waals surface area (Å²) in [6.07, 6.45) is 8.77. The van der Waals surface area contributed by atoms with Gasteiger partial charge in [-0.2, -0.15) is 0 Å². The van der Waals surface area contributed by atoms with Crippen LogP contribution < -0.4 is 0 Å². The highest BCUT2D eigenvalue weighted by Gasteiger charge is 2.62. The van der Waals surface area contributed by atoms with Crippen LogP contribution in [-0.2, 0) is 23.9 Å². The fraction of sp³-hybridized carbons (Fsp3) is 0.783. The van der Waals surface area contributed by atoms with Crippen LogP contribution >= 0.6 is 0 Å². The van der Waals surface area contributed by atoms with Crippen LogP contribution in [0.1, 0.15) is 72.6 Å². The van der Waals surface area contributed by atoms with Crippen molar-refractivity contribution in [2.75, 3.05) is 0 Å². The van der Waals surface area contributed by atoms with Gasteiger partial charge in [-0.1, -0.05) is 13.8 Å². The third-order valence-electron chi connectivity index (χ3n) is 8.63. The van der Waals surface area contributed by atoms with E-state index in [0.717, 1.165) is 44.9 Å². The van der Waals surface area contributed by atoms with Gasteiger partial charge in [-0.05, 0) is 74.2 Å². The SMILES string of the molecule is CC(=O)OC1=CC[C@@]2(C)[C@@H](CC[C@@H]3[C@@H]2CC[C@]2(C)[C@H](OC(C)=O)CC[C@@H]32)C1=O. The van der Waals surface area contributed by atoms with Crippen molar-refractivity contribution in [2.45, 2.75) is 78.7 Å². The molecule has 0 unspecified atom stereocenters. The molecule has 4 aliphatic rings. The lowest BCUT2D eigenvalue weighted by Gasteiger charge is -2.59. The molecule has 0 N–H and O–H groups in total. The Morgan fingerprint density at radius 1 is 0.964 bits per heavy atom. The molecule has 3 saturated carbocycles. The molecule has 0 bridgehead atoms. The van der Waals surface area contributed by atoms with Gasteiger partial charge >= 0.3 is 11.9 Å². The van der Waals surface area contributed by atoms with Gasteiger partial charge in [0.1, 0.15) is 6.10 Å². The zero-order chi connectivity index (χ0) is 20.3. The van der Waals surface area contributed by atoms with E-state index < -0.39 is 5.97 Å². The Morgan fingerprint density at radius 2 is 1.68 bits per heavy atom. The molecule has 0 saturated heterocycles. The second-order valence-corrected chi connectivity index (χ2v) is 9.96. The molecule has 0 aromatic carbocycles. The summed E-state index contributed by atoms with van der Waals surface area (Å²) >= 11 is 0. The highest BCUT2D eigenvalue weighted by molar-refractivity contribution is 5.98. The highest BCUT2D eigenvalue weighted by atomic mass is 16.5. The lowest BCUT2D eigenvalue weighted by molar-refractivity contribution is -0.162. The van der Waals surface area contributed by atoms with Crippen molar-refractivity contribution < 1.29 is 23.9 Å². The number of rotatable bonds is 2. The van der Waals surface area contributed by atoms with Crippen molar-refractivity contribution in [3.63, 3.8) is 0 Å². The van der Waals surface area contributed by atoms with Gasteiger partial charge in [0, 0.05) is 25.2 Å². The molecule has 0 radical (unpaired) electrons. The first-order chi connectivity index (χ1) is 13.2. The van der Waals surface area contributed by atoms with E-state index in [9.17, 15) is 14.4 Å². The molecule has 28 heavy (non-hydrogen) atoms. The topological polar surface area (TPSA) is 69.7 Å². The Kier molecular flexibility index (Phi) is 4.71. The zero-order valence-corrected chi connectivity index (χ0v) is 17.5. The van der Waals surface area contributed by atoms with Crippen LogP contribution in [0.25, 0.3) is 0 Å². The molecule has 3 fully saturated rings. The molecule has 4 aliphatic carbocycles. The number of carbonyl (C=O) groups is 3. The van der Waals surface area contributed by atoms with Crippen molar-refractivity contribution in [2.24, 2.45) is 34.5 Å². The summed E-state index contributed by atoms with van der Waals surface area (Å²) in [5.41, 5.74) is -0.00204. The minimum Gasteiger partial charge on any atom is -0.462 e. The number of Topliss-reactive ketones (excluding diaryl/α,β-unsaturated/α-hetero) is 1. The lowest BCUT2D eigenvalue weighted by atomic mass is 9.45. The van der Waals surface area contributed by atoms with Gasteiger partial charge in [0.2, 0.25) is 5.78 Å². The first kappa shape index (κ1) is 19.7. The third-order valence-corrected chi connectivity index (χ3v) is 8.63. The van der Waals surface area contributed by atoms with Crippen LogP contribution in [-0.4, -0.2) is 23.8 Å². The van der Waals surface area contributed by atoms with E-state index in [4.69, 9.17) is 9.47 Å². The van der Waals surface area contributed by atoms with Gasteiger partial charge in [0.05, 0.1) is 0 Å². The maximum absolute atomic E-state index is 13.0. The fourth-order valence-electron chi connectivity index (χ4n) is 7.36. The average molecular weight is 389 g/mol. The second-order valence-electron chi connectivity index (χ2n) is 9.96. The number of ether oxygens (including phenoxy) is 2. The zero-order valence-electron chi connectivity index (χ0n) is 17.5. The molecular weight excluding hydrogens is 356 g/mol. The van der Waals surface area contributed by atoms with E-state index in [0.29, 0.717) is 17.8 Å². The molecular formula is C23H32O5. The van der Waals surface area contributed by atoms with E-state index in [1.807, 2.05) is 6.08 Å². The van der Waals surface area contributed by atoms with Crippen molar-refractivity contribution in [1.82, 2.24) is 0 Å². The van der Waals surface area contributed by atoms with Crippen molar-refractivity contribution in [3.8, 4) is 0 Å². The Bertz CT molecular complexity index is 739. The van der Waals surface area contributed by atoms with E-state index in [1.165, 1.54) is 13.8 Å². The first-order valence-electron chi connectivity index (χ1n) is 10.8. The predicted octanol–water partition coefficient (Wildman–Crippen LogP) is 4.20. The van der Waals surface area contributed by atoms with Gasteiger partial charge in [-0.15, -0.1) is 0 Å². The molecule has 5 nitrogen and oxygen atoms in total. The largest absolute Gasteiger partial charge is 0.462 e. The second kappa shape index (κ2) is 6.70. The van der Waals surface area contributed by atoms with Gasteiger partial charge in [0.25, 0.3) is 0 Å². The third kappa shape index (κ3) is 2.84. The molecule has 5 heteroatoms. The summed E-state index contributed by atoms with van der Waals surface area (Å²) in [7, 11) is 0. The first-order valence-corrected chi connectivity index (χ1v) is 10.8. The Labute approximate surface area is 167 Å². The van der Waals surface area contributed by atoms with Crippen molar-refractivity contribution in [3.05, 3.63) is 11.8 Å². The van der Waals surface area contributed by atoms with E-state index >= 15 is 0 Å². The number of hydrogen-bond donors (Lipinski definition) is 0. The number of esters is 2. The number of carbonyl (C=O) groups excluding carboxylic acids is 3. The van der Waals surface area contributed by atoms with Crippen molar-refractivity contribution in [1.29, 1.82) is 0 Å². The summed E-state index contributed by atoms with van der Waals surface area (Å²) in [4.78, 5) is 36.0. The maximum atomic E-state index is 13.0. The molecule has 0 amide bonds. The van der Waals surface area contributed by atoms with Crippen LogP contribution in [0, 0.1) is 34.5 Å². The number of allylic oxidation sites excluding steroid dienone is 2. The molecule has 0 aromatic rings. The predicted molar refractivity (Wildman–Crippen MR) is 103 cm³/mol. The quantitative estimate of drug-likeness (QED) is 0.663. The van der Waals surface area contributed by atoms with Crippen LogP contribution in [0.4, 0.5) is 0 Å². The fourth-order valence-corrected chi connectivity index (χ4v) is 7.36. The summed E-state index contributed by atoms with van der Waals surface area (Å²) in [5.74, 6) is 1.25.